The van der Waals surface area contributed by atoms with Crippen LogP contribution in [0.4, 0.5) is 0 Å². The summed E-state index contributed by atoms with van der Waals surface area (Å²) in [6.07, 6.45) is 1.14. The van der Waals surface area contributed by atoms with Crippen LogP contribution in [0.3, 0.4) is 0 Å². The van der Waals surface area contributed by atoms with Gasteiger partial charge in [-0.3, -0.25) is 4.57 Å². The average Bonchev–Trinajstić information content (AvgIpc) is 3.17. The fraction of sp³-hybridized carbons (Fsp3) is 0.250. The lowest BCUT2D eigenvalue weighted by Crippen LogP contribution is -1.98. The van der Waals surface area contributed by atoms with Crippen LogP contribution in [0, 0.1) is 11.7 Å². The maximum atomic E-state index is 5.48. The third-order valence-corrected chi connectivity index (χ3v) is 4.32. The Morgan fingerprint density at radius 2 is 2.00 bits per heavy atom. The van der Waals surface area contributed by atoms with Crippen molar-refractivity contribution in [2.75, 3.05) is 0 Å². The number of imidazole rings is 1. The molecular weight excluding hydrogens is 266 g/mol. The zero-order chi connectivity index (χ0) is 13.7. The molecule has 1 aromatic carbocycles. The number of nitrogens with one attached hydrogen (secondary N) is 1. The molecule has 2 atom stereocenters. The molecule has 4 rings (SSSR count). The molecule has 1 fully saturated rings. The van der Waals surface area contributed by atoms with Crippen molar-refractivity contribution in [3.05, 3.63) is 58.5 Å². The molecular formula is C16H15N3S. The van der Waals surface area contributed by atoms with Crippen LogP contribution in [0.15, 0.2) is 42.5 Å². The number of H-pyrrole nitrogens is 1. The molecule has 0 saturated heterocycles. The number of aromatic amines is 1. The van der Waals surface area contributed by atoms with Crippen molar-refractivity contribution in [1.29, 1.82) is 0 Å². The fourth-order valence-corrected chi connectivity index (χ4v) is 3.26. The van der Waals surface area contributed by atoms with Crippen LogP contribution in [0.2, 0.25) is 0 Å². The third kappa shape index (κ3) is 1.79. The molecule has 2 heterocycles. The Kier molecular flexibility index (Phi) is 2.54. The molecule has 0 spiro atoms. The number of pyridine rings is 1. The maximum absolute atomic E-state index is 5.48. The van der Waals surface area contributed by atoms with Gasteiger partial charge in [0.25, 0.3) is 0 Å². The minimum Gasteiger partial charge on any atom is -0.329 e. The van der Waals surface area contributed by atoms with Gasteiger partial charge in [0.2, 0.25) is 0 Å². The molecule has 1 saturated carbocycles. The summed E-state index contributed by atoms with van der Waals surface area (Å²) < 4.78 is 2.97. The van der Waals surface area contributed by atoms with Crippen molar-refractivity contribution in [2.24, 2.45) is 0 Å². The van der Waals surface area contributed by atoms with Crippen LogP contribution in [0.5, 0.6) is 0 Å². The quantitative estimate of drug-likeness (QED) is 0.716. The summed E-state index contributed by atoms with van der Waals surface area (Å²) in [7, 11) is 0. The van der Waals surface area contributed by atoms with E-state index >= 15 is 0 Å². The average molecular weight is 281 g/mol. The second-order valence-corrected chi connectivity index (χ2v) is 5.83. The van der Waals surface area contributed by atoms with E-state index in [1.54, 1.807) is 0 Å². The molecule has 0 radical (unpaired) electrons. The molecule has 0 amide bonds. The van der Waals surface area contributed by atoms with Gasteiger partial charge in [0.05, 0.1) is 5.52 Å². The minimum absolute atomic E-state index is 0.438. The van der Waals surface area contributed by atoms with E-state index in [1.807, 2.05) is 13.0 Å². The molecule has 2 unspecified atom stereocenters. The smallest absolute Gasteiger partial charge is 0.179 e. The van der Waals surface area contributed by atoms with Crippen LogP contribution < -0.4 is 0 Å². The lowest BCUT2D eigenvalue weighted by molar-refractivity contribution is 0.720. The van der Waals surface area contributed by atoms with E-state index in [4.69, 9.17) is 12.2 Å². The summed E-state index contributed by atoms with van der Waals surface area (Å²) in [6.45, 7) is 2.02. The number of aryl methyl sites for hydroxylation is 1. The van der Waals surface area contributed by atoms with Gasteiger partial charge < -0.3 is 4.98 Å². The van der Waals surface area contributed by atoms with Gasteiger partial charge in [0.1, 0.15) is 0 Å². The van der Waals surface area contributed by atoms with E-state index in [-0.39, 0.29) is 0 Å². The Balaban J connectivity index is 1.79. The summed E-state index contributed by atoms with van der Waals surface area (Å²) in [5.74, 6) is 0.559. The summed E-state index contributed by atoms with van der Waals surface area (Å²) in [4.78, 5) is 7.91. The third-order valence-electron chi connectivity index (χ3n) is 4.02. The van der Waals surface area contributed by atoms with Gasteiger partial charge in [-0.1, -0.05) is 30.3 Å². The highest BCUT2D eigenvalue weighted by atomic mass is 32.1. The first-order valence-corrected chi connectivity index (χ1v) is 7.27. The summed E-state index contributed by atoms with van der Waals surface area (Å²) in [5.41, 5.74) is 4.43. The zero-order valence-electron chi connectivity index (χ0n) is 11.2. The second kappa shape index (κ2) is 4.28. The first kappa shape index (κ1) is 11.9. The first-order valence-electron chi connectivity index (χ1n) is 6.87. The number of nitrogens with zero attached hydrogens (tertiary/aromatic N) is 2. The first-order chi connectivity index (χ1) is 9.74. The molecule has 100 valence electrons. The molecule has 3 nitrogen and oxygen atoms in total. The number of aromatic nitrogens is 3. The number of fused-ring (bicyclic) bond motifs is 1. The largest absolute Gasteiger partial charge is 0.329 e. The molecule has 0 bridgehead atoms. The molecule has 2 aromatic heterocycles. The molecule has 1 aliphatic rings. The van der Waals surface area contributed by atoms with Crippen molar-refractivity contribution >= 4 is 23.4 Å². The highest BCUT2D eigenvalue weighted by Gasteiger charge is 2.41. The topological polar surface area (TPSA) is 33.6 Å². The Morgan fingerprint density at radius 1 is 1.20 bits per heavy atom. The summed E-state index contributed by atoms with van der Waals surface area (Å²) >= 11 is 5.48. The van der Waals surface area contributed by atoms with Crippen molar-refractivity contribution in [3.8, 4) is 0 Å². The van der Waals surface area contributed by atoms with Crippen LogP contribution >= 0.6 is 12.2 Å². The highest BCUT2D eigenvalue weighted by Crippen LogP contribution is 2.52. The Hall–Kier alpha value is -1.94. The number of rotatable bonds is 2. The number of hydrogen-bond acceptors (Lipinski definition) is 2. The molecule has 4 heteroatoms. The summed E-state index contributed by atoms with van der Waals surface area (Å²) in [5, 5.41) is 0. The van der Waals surface area contributed by atoms with E-state index in [0.29, 0.717) is 12.0 Å². The van der Waals surface area contributed by atoms with Gasteiger partial charge in [0.15, 0.2) is 10.4 Å². The summed E-state index contributed by atoms with van der Waals surface area (Å²) in [6, 6.07) is 15.2. The van der Waals surface area contributed by atoms with Gasteiger partial charge in [-0.15, -0.1) is 0 Å². The van der Waals surface area contributed by atoms with Crippen molar-refractivity contribution in [2.45, 2.75) is 25.3 Å². The van der Waals surface area contributed by atoms with Gasteiger partial charge in [-0.05, 0) is 43.3 Å². The van der Waals surface area contributed by atoms with E-state index < -0.39 is 0 Å². The van der Waals surface area contributed by atoms with Crippen LogP contribution in [0.1, 0.15) is 29.6 Å². The predicted octanol–water partition coefficient (Wildman–Crippen LogP) is 4.13. The zero-order valence-corrected chi connectivity index (χ0v) is 12.0. The van der Waals surface area contributed by atoms with E-state index in [9.17, 15) is 0 Å². The van der Waals surface area contributed by atoms with E-state index in [1.165, 1.54) is 5.56 Å². The van der Waals surface area contributed by atoms with Crippen molar-refractivity contribution in [3.63, 3.8) is 0 Å². The molecule has 20 heavy (non-hydrogen) atoms. The van der Waals surface area contributed by atoms with Gasteiger partial charge in [-0.2, -0.15) is 0 Å². The van der Waals surface area contributed by atoms with Crippen LogP contribution in [0.25, 0.3) is 11.2 Å². The van der Waals surface area contributed by atoms with Crippen LogP contribution in [-0.4, -0.2) is 14.5 Å². The predicted molar refractivity (Wildman–Crippen MR) is 82.5 cm³/mol. The molecule has 3 aromatic rings. The van der Waals surface area contributed by atoms with Crippen LogP contribution in [-0.2, 0) is 0 Å². The highest BCUT2D eigenvalue weighted by molar-refractivity contribution is 7.71. The van der Waals surface area contributed by atoms with E-state index in [2.05, 4.69) is 50.9 Å². The SMILES string of the molecule is Cc1ccc2[nH]c(=S)n(C3CC3c3ccccc3)c2n1. The minimum atomic E-state index is 0.438. The Morgan fingerprint density at radius 3 is 2.80 bits per heavy atom. The van der Waals surface area contributed by atoms with Gasteiger partial charge in [-0.25, -0.2) is 4.98 Å². The number of benzene rings is 1. The van der Waals surface area contributed by atoms with Crippen molar-refractivity contribution in [1.82, 2.24) is 14.5 Å². The normalized spacial score (nSPS) is 21.2. The van der Waals surface area contributed by atoms with Gasteiger partial charge in [0, 0.05) is 17.7 Å². The van der Waals surface area contributed by atoms with E-state index in [0.717, 1.165) is 28.0 Å². The van der Waals surface area contributed by atoms with Gasteiger partial charge >= 0.3 is 0 Å². The molecule has 1 N–H and O–H groups in total. The lowest BCUT2D eigenvalue weighted by Gasteiger charge is -2.04. The van der Waals surface area contributed by atoms with Crippen molar-refractivity contribution < 1.29 is 0 Å². The molecule has 1 aliphatic carbocycles. The second-order valence-electron chi connectivity index (χ2n) is 5.44. The Labute approximate surface area is 122 Å². The Bertz CT molecular complexity index is 832. The standard InChI is InChI=1S/C16H15N3S/c1-10-7-8-13-15(17-10)19(16(20)18-13)14-9-12(14)11-5-3-2-4-6-11/h2-8,12,14H,9H2,1H3,(H,18,20). The fourth-order valence-electron chi connectivity index (χ4n) is 2.93. The lowest BCUT2D eigenvalue weighted by atomic mass is 10.1. The monoisotopic (exact) mass is 281 g/mol. The molecule has 0 aliphatic heterocycles. The number of hydrogen-bond donors (Lipinski definition) is 1. The maximum Gasteiger partial charge on any atom is 0.179 e.